The normalized spacial score (nSPS) is 13.4. The van der Waals surface area contributed by atoms with Crippen molar-refractivity contribution in [2.75, 3.05) is 0 Å². The molecule has 1 aromatic heterocycles. The largest absolute Gasteiger partial charge is 0.433 e. The molecule has 20 heavy (non-hydrogen) atoms. The molecule has 2 N–H and O–H groups in total. The van der Waals surface area contributed by atoms with Crippen LogP contribution in [0.5, 0.6) is 0 Å². The molecule has 0 saturated carbocycles. The fourth-order valence-corrected chi connectivity index (χ4v) is 2.11. The van der Waals surface area contributed by atoms with Crippen molar-refractivity contribution in [2.24, 2.45) is 0 Å². The van der Waals surface area contributed by atoms with Crippen LogP contribution < -0.4 is 5.32 Å². The minimum absolute atomic E-state index is 0.0205. The molecular weight excluding hydrogens is 267 g/mol. The first-order valence-corrected chi connectivity index (χ1v) is 6.40. The predicted octanol–water partition coefficient (Wildman–Crippen LogP) is 3.67. The zero-order valence-electron chi connectivity index (χ0n) is 11.0. The second kappa shape index (κ2) is 6.09. The van der Waals surface area contributed by atoms with Gasteiger partial charge in [0.15, 0.2) is 0 Å². The van der Waals surface area contributed by atoms with Gasteiger partial charge < -0.3 is 5.32 Å². The van der Waals surface area contributed by atoms with Crippen LogP contribution in [0.4, 0.5) is 13.2 Å². The summed E-state index contributed by atoms with van der Waals surface area (Å²) in [6, 6.07) is 9.68. The number of halogens is 3. The van der Waals surface area contributed by atoms with Gasteiger partial charge in [-0.1, -0.05) is 37.3 Å². The first-order valence-electron chi connectivity index (χ1n) is 6.40. The molecule has 0 spiro atoms. The number of aromatic nitrogens is 2. The maximum Gasteiger partial charge on any atom is 0.433 e. The van der Waals surface area contributed by atoms with E-state index in [0.717, 1.165) is 12.0 Å². The fraction of sp³-hybridized carbons (Fsp3) is 0.357. The summed E-state index contributed by atoms with van der Waals surface area (Å²) in [6.07, 6.45) is -2.39. The molecule has 108 valence electrons. The summed E-state index contributed by atoms with van der Waals surface area (Å²) in [5.74, 6) is 0. The van der Waals surface area contributed by atoms with Gasteiger partial charge in [-0.15, -0.1) is 0 Å². The minimum atomic E-state index is -4.40. The molecule has 0 amide bonds. The monoisotopic (exact) mass is 283 g/mol. The zero-order chi connectivity index (χ0) is 14.6. The predicted molar refractivity (Wildman–Crippen MR) is 69.9 cm³/mol. The van der Waals surface area contributed by atoms with Crippen molar-refractivity contribution in [3.05, 3.63) is 53.3 Å². The molecular formula is C14H16F3N3. The van der Waals surface area contributed by atoms with Crippen molar-refractivity contribution in [3.63, 3.8) is 0 Å². The molecule has 2 aromatic rings. The topological polar surface area (TPSA) is 40.7 Å². The summed E-state index contributed by atoms with van der Waals surface area (Å²) >= 11 is 0. The number of nitrogens with one attached hydrogen (secondary N) is 2. The van der Waals surface area contributed by atoms with Crippen molar-refractivity contribution in [1.82, 2.24) is 15.5 Å². The van der Waals surface area contributed by atoms with E-state index in [-0.39, 0.29) is 18.2 Å². The Hall–Kier alpha value is -1.82. The van der Waals surface area contributed by atoms with Crippen LogP contribution in [0.2, 0.25) is 0 Å². The molecule has 0 fully saturated rings. The SMILES string of the molecule is CCC(NCc1cn[nH]c1C(F)(F)F)c1ccccc1. The Labute approximate surface area is 115 Å². The van der Waals surface area contributed by atoms with Crippen molar-refractivity contribution in [1.29, 1.82) is 0 Å². The molecule has 1 atom stereocenters. The van der Waals surface area contributed by atoms with Crippen LogP contribution in [0.1, 0.15) is 36.2 Å². The quantitative estimate of drug-likeness (QED) is 0.879. The lowest BCUT2D eigenvalue weighted by Crippen LogP contribution is -2.22. The number of hydrogen-bond donors (Lipinski definition) is 2. The van der Waals surface area contributed by atoms with E-state index < -0.39 is 11.9 Å². The third-order valence-corrected chi connectivity index (χ3v) is 3.15. The van der Waals surface area contributed by atoms with Gasteiger partial charge in [0.05, 0.1) is 6.20 Å². The third-order valence-electron chi connectivity index (χ3n) is 3.15. The molecule has 0 radical (unpaired) electrons. The van der Waals surface area contributed by atoms with Gasteiger partial charge in [0, 0.05) is 18.2 Å². The van der Waals surface area contributed by atoms with Crippen molar-refractivity contribution >= 4 is 0 Å². The van der Waals surface area contributed by atoms with Gasteiger partial charge >= 0.3 is 6.18 Å². The number of alkyl halides is 3. The number of aromatic amines is 1. The Bertz CT molecular complexity index is 534. The number of H-pyrrole nitrogens is 1. The molecule has 0 aliphatic rings. The molecule has 0 aliphatic carbocycles. The number of rotatable bonds is 5. The molecule has 2 rings (SSSR count). The highest BCUT2D eigenvalue weighted by Gasteiger charge is 2.35. The highest BCUT2D eigenvalue weighted by Crippen LogP contribution is 2.30. The van der Waals surface area contributed by atoms with Gasteiger partial charge in [-0.05, 0) is 12.0 Å². The van der Waals surface area contributed by atoms with Crippen LogP contribution in [0.15, 0.2) is 36.5 Å². The summed E-state index contributed by atoms with van der Waals surface area (Å²) < 4.78 is 38.1. The summed E-state index contributed by atoms with van der Waals surface area (Å²) in [5, 5.41) is 8.63. The van der Waals surface area contributed by atoms with E-state index in [1.54, 1.807) is 0 Å². The molecule has 1 aromatic carbocycles. The Kier molecular flexibility index (Phi) is 4.44. The van der Waals surface area contributed by atoms with E-state index in [2.05, 4.69) is 10.4 Å². The van der Waals surface area contributed by atoms with Crippen LogP contribution in [0.3, 0.4) is 0 Å². The Morgan fingerprint density at radius 3 is 2.55 bits per heavy atom. The van der Waals surface area contributed by atoms with Gasteiger partial charge in [0.25, 0.3) is 0 Å². The van der Waals surface area contributed by atoms with E-state index in [4.69, 9.17) is 0 Å². The van der Waals surface area contributed by atoms with Crippen LogP contribution in [-0.4, -0.2) is 10.2 Å². The number of nitrogens with zero attached hydrogens (tertiary/aromatic N) is 1. The highest BCUT2D eigenvalue weighted by molar-refractivity contribution is 5.21. The first-order chi connectivity index (χ1) is 9.52. The standard InChI is InChI=1S/C14H16F3N3/c1-2-12(10-6-4-3-5-7-10)18-8-11-9-19-20-13(11)14(15,16)17/h3-7,9,12,18H,2,8H2,1H3,(H,19,20). The second-order valence-electron chi connectivity index (χ2n) is 4.52. The maximum atomic E-state index is 12.7. The average Bonchev–Trinajstić information content (AvgIpc) is 2.89. The Balaban J connectivity index is 2.06. The third kappa shape index (κ3) is 3.39. The Morgan fingerprint density at radius 2 is 1.95 bits per heavy atom. The molecule has 0 saturated heterocycles. The van der Waals surface area contributed by atoms with Crippen LogP contribution in [-0.2, 0) is 12.7 Å². The molecule has 1 unspecified atom stereocenters. The van der Waals surface area contributed by atoms with Gasteiger partial charge in [-0.3, -0.25) is 5.10 Å². The summed E-state index contributed by atoms with van der Waals surface area (Å²) in [6.45, 7) is 2.11. The van der Waals surface area contributed by atoms with E-state index in [1.807, 2.05) is 42.4 Å². The van der Waals surface area contributed by atoms with Gasteiger partial charge in [0.2, 0.25) is 0 Å². The van der Waals surface area contributed by atoms with Gasteiger partial charge in [0.1, 0.15) is 5.69 Å². The van der Waals surface area contributed by atoms with Crippen LogP contribution in [0.25, 0.3) is 0 Å². The Morgan fingerprint density at radius 1 is 1.25 bits per heavy atom. The van der Waals surface area contributed by atoms with Crippen molar-refractivity contribution < 1.29 is 13.2 Å². The summed E-state index contributed by atoms with van der Waals surface area (Å²) in [5.41, 5.74) is 0.409. The highest BCUT2D eigenvalue weighted by atomic mass is 19.4. The van der Waals surface area contributed by atoms with Gasteiger partial charge in [-0.25, -0.2) is 0 Å². The minimum Gasteiger partial charge on any atom is -0.306 e. The lowest BCUT2D eigenvalue weighted by Gasteiger charge is -2.17. The summed E-state index contributed by atoms with van der Waals surface area (Å²) in [7, 11) is 0. The smallest absolute Gasteiger partial charge is 0.306 e. The number of benzene rings is 1. The van der Waals surface area contributed by atoms with E-state index in [9.17, 15) is 13.2 Å². The average molecular weight is 283 g/mol. The maximum absolute atomic E-state index is 12.7. The molecule has 0 bridgehead atoms. The molecule has 3 nitrogen and oxygen atoms in total. The zero-order valence-corrected chi connectivity index (χ0v) is 11.0. The fourth-order valence-electron chi connectivity index (χ4n) is 2.11. The van der Waals surface area contributed by atoms with Crippen molar-refractivity contribution in [3.8, 4) is 0 Å². The lowest BCUT2D eigenvalue weighted by molar-refractivity contribution is -0.141. The van der Waals surface area contributed by atoms with Gasteiger partial charge in [-0.2, -0.15) is 18.3 Å². The van der Waals surface area contributed by atoms with E-state index >= 15 is 0 Å². The second-order valence-corrected chi connectivity index (χ2v) is 4.52. The molecule has 0 aliphatic heterocycles. The first kappa shape index (κ1) is 14.6. The lowest BCUT2D eigenvalue weighted by atomic mass is 10.0. The summed E-state index contributed by atoms with van der Waals surface area (Å²) in [4.78, 5) is 0. The van der Waals surface area contributed by atoms with Crippen molar-refractivity contribution in [2.45, 2.75) is 32.1 Å². The van der Waals surface area contributed by atoms with E-state index in [1.165, 1.54) is 6.20 Å². The van der Waals surface area contributed by atoms with E-state index in [0.29, 0.717) is 0 Å². The molecule has 6 heteroatoms. The van der Waals surface area contributed by atoms with Crippen LogP contribution in [0, 0.1) is 0 Å². The van der Waals surface area contributed by atoms with Crippen LogP contribution >= 0.6 is 0 Å². The molecule has 1 heterocycles. The number of hydrogen-bond acceptors (Lipinski definition) is 2.